The third-order valence-electron chi connectivity index (χ3n) is 3.80. The van der Waals surface area contributed by atoms with Gasteiger partial charge in [0.05, 0.1) is 0 Å². The van der Waals surface area contributed by atoms with Crippen LogP contribution in [-0.4, -0.2) is 37.7 Å². The van der Waals surface area contributed by atoms with Crippen molar-refractivity contribution in [3.63, 3.8) is 0 Å². The largest absolute Gasteiger partial charge is 0.480 e. The van der Waals surface area contributed by atoms with Crippen LogP contribution in [-0.2, 0) is 7.05 Å². The summed E-state index contributed by atoms with van der Waals surface area (Å²) in [5, 5.41) is 13.1. The molecule has 1 heterocycles. The van der Waals surface area contributed by atoms with Gasteiger partial charge >= 0.3 is 17.8 Å². The molecule has 0 aliphatic rings. The van der Waals surface area contributed by atoms with Crippen LogP contribution < -0.4 is 10.4 Å². The zero-order valence-electron chi connectivity index (χ0n) is 14.8. The Morgan fingerprint density at radius 2 is 1.85 bits per heavy atom. The third-order valence-corrected chi connectivity index (χ3v) is 3.80. The molecule has 0 radical (unpaired) electrons. The lowest BCUT2D eigenvalue weighted by Gasteiger charge is -2.19. The number of ether oxygens (including phenoxy) is 1. The summed E-state index contributed by atoms with van der Waals surface area (Å²) in [7, 11) is 1.41. The highest BCUT2D eigenvalue weighted by atomic mass is 19.4. The van der Waals surface area contributed by atoms with Gasteiger partial charge in [-0.25, -0.2) is 14.0 Å². The summed E-state index contributed by atoms with van der Waals surface area (Å²) in [4.78, 5) is 23.6. The number of hydrogen-bond donors (Lipinski definition) is 1. The molecule has 1 atom stereocenters. The molecule has 0 bridgehead atoms. The molecule has 0 fully saturated rings. The Morgan fingerprint density at radius 3 is 2.30 bits per heavy atom. The second kappa shape index (κ2) is 7.05. The molecule has 0 amide bonds. The molecule has 1 N–H and O–H groups in total. The van der Waals surface area contributed by atoms with Crippen LogP contribution in [0.1, 0.15) is 42.9 Å². The van der Waals surface area contributed by atoms with Crippen molar-refractivity contribution in [2.75, 3.05) is 0 Å². The number of rotatable bonds is 5. The highest BCUT2D eigenvalue weighted by Crippen LogP contribution is 2.30. The second-order valence-electron chi connectivity index (χ2n) is 6.17. The Labute approximate surface area is 150 Å². The lowest BCUT2D eigenvalue weighted by Crippen LogP contribution is -2.32. The van der Waals surface area contributed by atoms with E-state index in [1.54, 1.807) is 13.8 Å². The predicted molar refractivity (Wildman–Crippen MR) is 86.0 cm³/mol. The predicted octanol–water partition coefficient (Wildman–Crippen LogP) is 2.86. The van der Waals surface area contributed by atoms with E-state index in [2.05, 4.69) is 5.10 Å². The molecule has 148 valence electrons. The molecule has 0 aliphatic carbocycles. The normalized spacial score (nSPS) is 13.1. The van der Waals surface area contributed by atoms with Gasteiger partial charge in [-0.2, -0.15) is 17.9 Å². The van der Waals surface area contributed by atoms with Crippen LogP contribution in [0.25, 0.3) is 5.69 Å². The fourth-order valence-electron chi connectivity index (χ4n) is 2.34. The Hall–Kier alpha value is -2.85. The molecule has 2 rings (SSSR count). The molecular formula is C16H17F4N3O4. The zero-order chi connectivity index (χ0) is 20.7. The van der Waals surface area contributed by atoms with E-state index in [9.17, 15) is 27.2 Å². The molecular weight excluding hydrogens is 374 g/mol. The smallest absolute Gasteiger partial charge is 0.425 e. The molecule has 1 aromatic heterocycles. The van der Waals surface area contributed by atoms with Crippen molar-refractivity contribution in [1.82, 2.24) is 14.3 Å². The van der Waals surface area contributed by atoms with Gasteiger partial charge in [0.15, 0.2) is 6.10 Å². The van der Waals surface area contributed by atoms with Crippen LogP contribution in [0.2, 0.25) is 0 Å². The number of hydrogen-bond acceptors (Lipinski definition) is 4. The molecule has 0 aliphatic heterocycles. The lowest BCUT2D eigenvalue weighted by molar-refractivity contribution is -0.189. The minimum absolute atomic E-state index is 0.189. The Bertz CT molecular complexity index is 931. The van der Waals surface area contributed by atoms with Crippen LogP contribution in [0.5, 0.6) is 5.75 Å². The molecule has 0 saturated carbocycles. The van der Waals surface area contributed by atoms with Gasteiger partial charge in [0, 0.05) is 19.0 Å². The van der Waals surface area contributed by atoms with Gasteiger partial charge < -0.3 is 9.84 Å². The van der Waals surface area contributed by atoms with Crippen LogP contribution in [0.4, 0.5) is 17.6 Å². The van der Waals surface area contributed by atoms with E-state index in [4.69, 9.17) is 9.84 Å². The average molecular weight is 391 g/mol. The van der Waals surface area contributed by atoms with E-state index in [-0.39, 0.29) is 5.92 Å². The summed E-state index contributed by atoms with van der Waals surface area (Å²) < 4.78 is 59.2. The van der Waals surface area contributed by atoms with Gasteiger partial charge in [0.2, 0.25) is 0 Å². The first-order chi connectivity index (χ1) is 12.3. The zero-order valence-corrected chi connectivity index (χ0v) is 14.8. The van der Waals surface area contributed by atoms with Crippen molar-refractivity contribution in [3.8, 4) is 11.4 Å². The van der Waals surface area contributed by atoms with Crippen molar-refractivity contribution in [3.05, 3.63) is 39.8 Å². The number of nitrogens with zero attached hydrogens (tertiary/aromatic N) is 3. The van der Waals surface area contributed by atoms with Crippen LogP contribution in [0, 0.1) is 5.82 Å². The summed E-state index contributed by atoms with van der Waals surface area (Å²) in [5.41, 5.74) is -2.06. The number of carbonyl (C=O) groups is 1. The monoisotopic (exact) mass is 391 g/mol. The fourth-order valence-corrected chi connectivity index (χ4v) is 2.34. The quantitative estimate of drug-likeness (QED) is 0.792. The van der Waals surface area contributed by atoms with Gasteiger partial charge in [-0.15, -0.1) is 5.10 Å². The van der Waals surface area contributed by atoms with Crippen molar-refractivity contribution >= 4 is 5.97 Å². The summed E-state index contributed by atoms with van der Waals surface area (Å²) in [5.74, 6) is -3.43. The average Bonchev–Trinajstić information content (AvgIpc) is 2.83. The minimum Gasteiger partial charge on any atom is -0.480 e. The molecule has 27 heavy (non-hydrogen) atoms. The number of carboxylic acid groups (broad SMARTS) is 1. The fraction of sp³-hybridized carbons (Fsp3) is 0.438. The Morgan fingerprint density at radius 1 is 1.26 bits per heavy atom. The maximum absolute atomic E-state index is 14.4. The van der Waals surface area contributed by atoms with Crippen LogP contribution >= 0.6 is 0 Å². The van der Waals surface area contributed by atoms with E-state index >= 15 is 0 Å². The second-order valence-corrected chi connectivity index (χ2v) is 6.17. The standard InChI is InChI=1S/C16H17F4N3O4/c1-7(2)13-21-23(15(26)22(13)4)11-6-12(27-8(3)16(18,19)20)9(14(24)25)5-10(11)17/h5-8H,1-4H3,(H,24,25). The maximum Gasteiger partial charge on any atom is 0.425 e. The maximum atomic E-state index is 14.4. The molecule has 7 nitrogen and oxygen atoms in total. The van der Waals surface area contributed by atoms with Crippen molar-refractivity contribution < 1.29 is 32.2 Å². The van der Waals surface area contributed by atoms with Gasteiger partial charge in [-0.05, 0) is 13.0 Å². The molecule has 11 heteroatoms. The summed E-state index contributed by atoms with van der Waals surface area (Å²) in [6, 6.07) is 1.21. The van der Waals surface area contributed by atoms with Gasteiger partial charge in [-0.3, -0.25) is 4.57 Å². The first kappa shape index (κ1) is 20.5. The van der Waals surface area contributed by atoms with E-state index in [0.717, 1.165) is 10.6 Å². The number of aromatic nitrogens is 3. The Kier molecular flexibility index (Phi) is 5.34. The van der Waals surface area contributed by atoms with Crippen LogP contribution in [0.3, 0.4) is 0 Å². The number of alkyl halides is 3. The van der Waals surface area contributed by atoms with Gasteiger partial charge in [0.1, 0.15) is 28.6 Å². The van der Waals surface area contributed by atoms with E-state index in [1.165, 1.54) is 7.05 Å². The lowest BCUT2D eigenvalue weighted by atomic mass is 10.1. The SMILES string of the molecule is CC(C)c1nn(-c2cc(OC(C)C(F)(F)F)c(C(=O)O)cc2F)c(=O)n1C. The van der Waals surface area contributed by atoms with E-state index in [1.807, 2.05) is 0 Å². The van der Waals surface area contributed by atoms with Crippen molar-refractivity contribution in [2.45, 2.75) is 39.0 Å². The van der Waals surface area contributed by atoms with E-state index < -0.39 is 46.8 Å². The van der Waals surface area contributed by atoms with E-state index in [0.29, 0.717) is 23.5 Å². The molecule has 2 aromatic rings. The molecule has 0 saturated heterocycles. The number of carboxylic acids is 1. The molecule has 1 aromatic carbocycles. The first-order valence-corrected chi connectivity index (χ1v) is 7.81. The van der Waals surface area contributed by atoms with Crippen molar-refractivity contribution in [1.29, 1.82) is 0 Å². The number of halogens is 4. The summed E-state index contributed by atoms with van der Waals surface area (Å²) in [6.45, 7) is 4.17. The number of aromatic carboxylic acids is 1. The topological polar surface area (TPSA) is 86.4 Å². The third kappa shape index (κ3) is 3.96. The first-order valence-electron chi connectivity index (χ1n) is 7.81. The summed E-state index contributed by atoms with van der Waals surface area (Å²) in [6.07, 6.45) is -7.11. The molecule has 1 unspecified atom stereocenters. The molecule has 0 spiro atoms. The summed E-state index contributed by atoms with van der Waals surface area (Å²) >= 11 is 0. The van der Waals surface area contributed by atoms with Crippen LogP contribution in [0.15, 0.2) is 16.9 Å². The Balaban J connectivity index is 2.66. The van der Waals surface area contributed by atoms with Crippen molar-refractivity contribution in [2.24, 2.45) is 7.05 Å². The number of benzene rings is 1. The minimum atomic E-state index is -4.77. The van der Waals surface area contributed by atoms with Gasteiger partial charge in [-0.1, -0.05) is 13.8 Å². The van der Waals surface area contributed by atoms with Gasteiger partial charge in [0.25, 0.3) is 0 Å². The highest BCUT2D eigenvalue weighted by Gasteiger charge is 2.39. The highest BCUT2D eigenvalue weighted by molar-refractivity contribution is 5.91.